The van der Waals surface area contributed by atoms with Gasteiger partial charge in [0.1, 0.15) is 0 Å². The summed E-state index contributed by atoms with van der Waals surface area (Å²) in [6, 6.07) is 0.713. The fourth-order valence-corrected chi connectivity index (χ4v) is 3.10. The second-order valence-corrected chi connectivity index (χ2v) is 5.00. The van der Waals surface area contributed by atoms with Crippen LogP contribution >= 0.6 is 0 Å². The number of nitrogens with zero attached hydrogens (tertiary/aromatic N) is 1. The molecule has 1 saturated heterocycles. The third kappa shape index (κ3) is 1.76. The van der Waals surface area contributed by atoms with Gasteiger partial charge < -0.3 is 0 Å². The second-order valence-electron chi connectivity index (χ2n) is 5.00. The van der Waals surface area contributed by atoms with Gasteiger partial charge in [-0.15, -0.1) is 0 Å². The summed E-state index contributed by atoms with van der Waals surface area (Å²) in [6.07, 6.45) is 4.10. The molecular formula is C12H25N. The van der Waals surface area contributed by atoms with Crippen LogP contribution in [-0.2, 0) is 0 Å². The van der Waals surface area contributed by atoms with E-state index in [4.69, 9.17) is 0 Å². The Morgan fingerprint density at radius 2 is 1.85 bits per heavy atom. The SMILES string of the molecule is CC[C@]1(C(C)C)CCCN1C(C)C. The molecule has 0 radical (unpaired) electrons. The second kappa shape index (κ2) is 4.00. The molecule has 1 fully saturated rings. The van der Waals surface area contributed by atoms with Gasteiger partial charge in [0.05, 0.1) is 0 Å². The Morgan fingerprint density at radius 1 is 1.23 bits per heavy atom. The molecule has 1 atom stereocenters. The van der Waals surface area contributed by atoms with Crippen molar-refractivity contribution in [1.29, 1.82) is 0 Å². The summed E-state index contributed by atoms with van der Waals surface area (Å²) in [7, 11) is 0. The van der Waals surface area contributed by atoms with Crippen LogP contribution in [0.3, 0.4) is 0 Å². The third-order valence-electron chi connectivity index (χ3n) is 3.89. The van der Waals surface area contributed by atoms with Crippen molar-refractivity contribution in [1.82, 2.24) is 4.90 Å². The number of rotatable bonds is 3. The van der Waals surface area contributed by atoms with Gasteiger partial charge in [-0.05, 0) is 45.6 Å². The van der Waals surface area contributed by atoms with E-state index in [2.05, 4.69) is 39.5 Å². The molecule has 0 aliphatic carbocycles. The van der Waals surface area contributed by atoms with Crippen LogP contribution in [0, 0.1) is 5.92 Å². The van der Waals surface area contributed by atoms with Gasteiger partial charge in [-0.3, -0.25) is 4.90 Å². The molecule has 1 aliphatic rings. The Kier molecular flexibility index (Phi) is 3.39. The highest BCUT2D eigenvalue weighted by Gasteiger charge is 2.42. The molecular weight excluding hydrogens is 158 g/mol. The number of hydrogen-bond donors (Lipinski definition) is 0. The Hall–Kier alpha value is -0.0400. The van der Waals surface area contributed by atoms with Crippen LogP contribution in [0.25, 0.3) is 0 Å². The Balaban J connectivity index is 2.83. The van der Waals surface area contributed by atoms with Crippen molar-refractivity contribution in [3.63, 3.8) is 0 Å². The summed E-state index contributed by atoms with van der Waals surface area (Å²) in [6.45, 7) is 13.1. The minimum absolute atomic E-state index is 0.508. The Bertz CT molecular complexity index is 163. The van der Waals surface area contributed by atoms with E-state index in [1.807, 2.05) is 0 Å². The molecule has 1 heteroatoms. The van der Waals surface area contributed by atoms with Crippen LogP contribution < -0.4 is 0 Å². The molecule has 1 rings (SSSR count). The summed E-state index contributed by atoms with van der Waals surface area (Å²) in [4.78, 5) is 2.72. The van der Waals surface area contributed by atoms with Gasteiger partial charge in [-0.2, -0.15) is 0 Å². The average molecular weight is 183 g/mol. The lowest BCUT2D eigenvalue weighted by Crippen LogP contribution is -2.50. The van der Waals surface area contributed by atoms with Gasteiger partial charge in [0, 0.05) is 11.6 Å². The molecule has 1 aliphatic heterocycles. The zero-order chi connectivity index (χ0) is 10.1. The molecule has 0 aromatic heterocycles. The Morgan fingerprint density at radius 3 is 2.15 bits per heavy atom. The predicted molar refractivity (Wildman–Crippen MR) is 58.9 cm³/mol. The number of likely N-dealkylation sites (tertiary alicyclic amines) is 1. The number of hydrogen-bond acceptors (Lipinski definition) is 1. The van der Waals surface area contributed by atoms with Crippen LogP contribution in [0.4, 0.5) is 0 Å². The molecule has 78 valence electrons. The summed E-state index contributed by atoms with van der Waals surface area (Å²) >= 11 is 0. The monoisotopic (exact) mass is 183 g/mol. The first-order chi connectivity index (χ1) is 6.04. The topological polar surface area (TPSA) is 3.24 Å². The summed E-state index contributed by atoms with van der Waals surface area (Å²) in [5.41, 5.74) is 0.508. The maximum absolute atomic E-state index is 2.72. The molecule has 0 aromatic carbocycles. The van der Waals surface area contributed by atoms with Crippen molar-refractivity contribution in [3.05, 3.63) is 0 Å². The summed E-state index contributed by atoms with van der Waals surface area (Å²) in [5, 5.41) is 0. The Labute approximate surface area is 83.5 Å². The van der Waals surface area contributed by atoms with E-state index in [0.29, 0.717) is 11.6 Å². The van der Waals surface area contributed by atoms with Gasteiger partial charge >= 0.3 is 0 Å². The van der Waals surface area contributed by atoms with Crippen LogP contribution in [0.2, 0.25) is 0 Å². The molecule has 0 spiro atoms. The fourth-order valence-electron chi connectivity index (χ4n) is 3.10. The molecule has 0 aromatic rings. The van der Waals surface area contributed by atoms with Crippen LogP contribution in [0.15, 0.2) is 0 Å². The average Bonchev–Trinajstić information content (AvgIpc) is 2.48. The first kappa shape index (κ1) is 11.0. The van der Waals surface area contributed by atoms with Crippen molar-refractivity contribution in [2.24, 2.45) is 5.92 Å². The zero-order valence-electron chi connectivity index (χ0n) is 9.93. The van der Waals surface area contributed by atoms with Gasteiger partial charge in [-0.25, -0.2) is 0 Å². The minimum atomic E-state index is 0.508. The van der Waals surface area contributed by atoms with Gasteiger partial charge in [0.15, 0.2) is 0 Å². The van der Waals surface area contributed by atoms with Crippen molar-refractivity contribution in [3.8, 4) is 0 Å². The highest BCUT2D eigenvalue weighted by atomic mass is 15.2. The van der Waals surface area contributed by atoms with E-state index in [1.165, 1.54) is 25.8 Å². The lowest BCUT2D eigenvalue weighted by atomic mass is 9.81. The van der Waals surface area contributed by atoms with E-state index >= 15 is 0 Å². The van der Waals surface area contributed by atoms with E-state index < -0.39 is 0 Å². The van der Waals surface area contributed by atoms with Crippen LogP contribution in [-0.4, -0.2) is 23.0 Å². The normalized spacial score (nSPS) is 30.7. The van der Waals surface area contributed by atoms with Crippen LogP contribution in [0.1, 0.15) is 53.9 Å². The van der Waals surface area contributed by atoms with Crippen molar-refractivity contribution < 1.29 is 0 Å². The minimum Gasteiger partial charge on any atom is -0.295 e. The van der Waals surface area contributed by atoms with Crippen molar-refractivity contribution >= 4 is 0 Å². The van der Waals surface area contributed by atoms with E-state index in [1.54, 1.807) is 0 Å². The maximum atomic E-state index is 2.72. The highest BCUT2D eigenvalue weighted by Crippen LogP contribution is 2.39. The molecule has 0 amide bonds. The van der Waals surface area contributed by atoms with Crippen LogP contribution in [0.5, 0.6) is 0 Å². The highest BCUT2D eigenvalue weighted by molar-refractivity contribution is 4.98. The predicted octanol–water partition coefficient (Wildman–Crippen LogP) is 3.30. The summed E-state index contributed by atoms with van der Waals surface area (Å²) in [5.74, 6) is 0.794. The largest absolute Gasteiger partial charge is 0.295 e. The molecule has 0 unspecified atom stereocenters. The standard InChI is InChI=1S/C12H25N/c1-6-12(10(2)3)8-7-9-13(12)11(4)5/h10-11H,6-9H2,1-5H3/t12-/m1/s1. The van der Waals surface area contributed by atoms with Gasteiger partial charge in [-0.1, -0.05) is 20.8 Å². The molecule has 1 nitrogen and oxygen atoms in total. The van der Waals surface area contributed by atoms with Gasteiger partial charge in [0.2, 0.25) is 0 Å². The lowest BCUT2D eigenvalue weighted by molar-refractivity contribution is 0.0549. The first-order valence-electron chi connectivity index (χ1n) is 5.81. The van der Waals surface area contributed by atoms with Crippen molar-refractivity contribution in [2.45, 2.75) is 65.5 Å². The fraction of sp³-hybridized carbons (Fsp3) is 1.00. The third-order valence-corrected chi connectivity index (χ3v) is 3.89. The van der Waals surface area contributed by atoms with E-state index in [9.17, 15) is 0 Å². The zero-order valence-corrected chi connectivity index (χ0v) is 9.93. The van der Waals surface area contributed by atoms with Crippen molar-refractivity contribution in [2.75, 3.05) is 6.54 Å². The molecule has 13 heavy (non-hydrogen) atoms. The van der Waals surface area contributed by atoms with E-state index in [0.717, 1.165) is 5.92 Å². The first-order valence-corrected chi connectivity index (χ1v) is 5.81. The lowest BCUT2D eigenvalue weighted by Gasteiger charge is -2.44. The molecule has 1 heterocycles. The van der Waals surface area contributed by atoms with E-state index in [-0.39, 0.29) is 0 Å². The quantitative estimate of drug-likeness (QED) is 0.649. The molecule has 0 saturated carbocycles. The molecule has 0 bridgehead atoms. The molecule has 0 N–H and O–H groups in total. The smallest absolute Gasteiger partial charge is 0.0233 e. The van der Waals surface area contributed by atoms with Gasteiger partial charge in [0.25, 0.3) is 0 Å². The maximum Gasteiger partial charge on any atom is 0.0233 e. The summed E-state index contributed by atoms with van der Waals surface area (Å²) < 4.78 is 0.